The van der Waals surface area contributed by atoms with E-state index < -0.39 is 0 Å². The van der Waals surface area contributed by atoms with Gasteiger partial charge < -0.3 is 15.4 Å². The fourth-order valence-electron chi connectivity index (χ4n) is 1.73. The topological polar surface area (TPSA) is 55.6 Å². The van der Waals surface area contributed by atoms with Gasteiger partial charge in [0.25, 0.3) is 0 Å². The van der Waals surface area contributed by atoms with E-state index in [0.29, 0.717) is 6.54 Å². The van der Waals surface area contributed by atoms with E-state index in [2.05, 4.69) is 0 Å². The third kappa shape index (κ3) is 2.96. The molecule has 0 aliphatic carbocycles. The Bertz CT molecular complexity index is 195. The van der Waals surface area contributed by atoms with E-state index >= 15 is 0 Å². The maximum atomic E-state index is 11.7. The molecule has 82 valence electrons. The molecule has 1 heterocycles. The average Bonchev–Trinajstić information content (AvgIpc) is 2.61. The summed E-state index contributed by atoms with van der Waals surface area (Å²) in [6.07, 6.45) is 2.21. The van der Waals surface area contributed by atoms with Gasteiger partial charge in [-0.15, -0.1) is 0 Å². The average molecular weight is 200 g/mol. The zero-order valence-electron chi connectivity index (χ0n) is 9.03. The molecule has 0 saturated carbocycles. The van der Waals surface area contributed by atoms with Crippen molar-refractivity contribution in [1.29, 1.82) is 0 Å². The highest BCUT2D eigenvalue weighted by Crippen LogP contribution is 2.16. The first-order chi connectivity index (χ1) is 6.65. The third-order valence-electron chi connectivity index (χ3n) is 2.51. The van der Waals surface area contributed by atoms with Crippen LogP contribution in [0.25, 0.3) is 0 Å². The number of nitrogens with two attached hydrogens (primary N) is 1. The van der Waals surface area contributed by atoms with Crippen molar-refractivity contribution in [1.82, 2.24) is 4.90 Å². The second-order valence-electron chi connectivity index (χ2n) is 3.98. The SMILES string of the molecule is CC(C)OCC(=O)N1CCCC1CN. The van der Waals surface area contributed by atoms with Crippen molar-refractivity contribution < 1.29 is 9.53 Å². The van der Waals surface area contributed by atoms with Crippen molar-refractivity contribution in [2.75, 3.05) is 19.7 Å². The van der Waals surface area contributed by atoms with Crippen LogP contribution >= 0.6 is 0 Å². The van der Waals surface area contributed by atoms with Gasteiger partial charge in [-0.2, -0.15) is 0 Å². The lowest BCUT2D eigenvalue weighted by molar-refractivity contribution is -0.138. The molecule has 0 aromatic carbocycles. The Labute approximate surface area is 85.4 Å². The van der Waals surface area contributed by atoms with Crippen LogP contribution in [0.5, 0.6) is 0 Å². The zero-order chi connectivity index (χ0) is 10.6. The normalized spacial score (nSPS) is 22.0. The first kappa shape index (κ1) is 11.5. The molecule has 4 heteroatoms. The number of carbonyl (C=O) groups excluding carboxylic acids is 1. The monoisotopic (exact) mass is 200 g/mol. The molecule has 1 amide bonds. The molecule has 0 aromatic rings. The maximum absolute atomic E-state index is 11.7. The van der Waals surface area contributed by atoms with Gasteiger partial charge in [-0.05, 0) is 26.7 Å². The molecule has 1 aliphatic rings. The van der Waals surface area contributed by atoms with E-state index in [9.17, 15) is 4.79 Å². The van der Waals surface area contributed by atoms with Crippen LogP contribution in [0, 0.1) is 0 Å². The van der Waals surface area contributed by atoms with Gasteiger partial charge >= 0.3 is 0 Å². The summed E-state index contributed by atoms with van der Waals surface area (Å²) >= 11 is 0. The van der Waals surface area contributed by atoms with Crippen molar-refractivity contribution in [3.63, 3.8) is 0 Å². The molecule has 0 spiro atoms. The standard InChI is InChI=1S/C10H20N2O2/c1-8(2)14-7-10(13)12-5-3-4-9(12)6-11/h8-9H,3-7,11H2,1-2H3. The largest absolute Gasteiger partial charge is 0.369 e. The molecule has 1 unspecified atom stereocenters. The van der Waals surface area contributed by atoms with Crippen LogP contribution in [0.4, 0.5) is 0 Å². The van der Waals surface area contributed by atoms with E-state index in [-0.39, 0.29) is 24.7 Å². The Morgan fingerprint density at radius 1 is 1.64 bits per heavy atom. The van der Waals surface area contributed by atoms with Crippen LogP contribution in [-0.2, 0) is 9.53 Å². The van der Waals surface area contributed by atoms with Crippen LogP contribution in [0.1, 0.15) is 26.7 Å². The van der Waals surface area contributed by atoms with Gasteiger partial charge in [-0.1, -0.05) is 0 Å². The molecule has 1 saturated heterocycles. The van der Waals surface area contributed by atoms with E-state index in [1.54, 1.807) is 0 Å². The maximum Gasteiger partial charge on any atom is 0.248 e. The molecule has 0 aromatic heterocycles. The summed E-state index contributed by atoms with van der Waals surface area (Å²) < 4.78 is 5.28. The minimum absolute atomic E-state index is 0.0756. The Kier molecular flexibility index (Phi) is 4.35. The number of ether oxygens (including phenoxy) is 1. The summed E-state index contributed by atoms with van der Waals surface area (Å²) in [5, 5.41) is 0. The highest BCUT2D eigenvalue weighted by molar-refractivity contribution is 5.78. The second-order valence-corrected chi connectivity index (χ2v) is 3.98. The molecule has 0 bridgehead atoms. The van der Waals surface area contributed by atoms with Gasteiger partial charge in [0.2, 0.25) is 5.91 Å². The number of hydrogen-bond acceptors (Lipinski definition) is 3. The van der Waals surface area contributed by atoms with Crippen LogP contribution in [0.15, 0.2) is 0 Å². The summed E-state index contributed by atoms with van der Waals surface area (Å²) in [5.74, 6) is 0.0756. The van der Waals surface area contributed by atoms with Crippen molar-refractivity contribution in [3.8, 4) is 0 Å². The number of nitrogens with zero attached hydrogens (tertiary/aromatic N) is 1. The highest BCUT2D eigenvalue weighted by atomic mass is 16.5. The minimum Gasteiger partial charge on any atom is -0.369 e. The number of likely N-dealkylation sites (tertiary alicyclic amines) is 1. The third-order valence-corrected chi connectivity index (χ3v) is 2.51. The fraction of sp³-hybridized carbons (Fsp3) is 0.900. The number of hydrogen-bond donors (Lipinski definition) is 1. The Morgan fingerprint density at radius 3 is 2.93 bits per heavy atom. The van der Waals surface area contributed by atoms with Crippen molar-refractivity contribution >= 4 is 5.91 Å². The lowest BCUT2D eigenvalue weighted by Gasteiger charge is -2.23. The lowest BCUT2D eigenvalue weighted by atomic mass is 10.2. The van der Waals surface area contributed by atoms with E-state index in [0.717, 1.165) is 19.4 Å². The lowest BCUT2D eigenvalue weighted by Crippen LogP contribution is -2.42. The fourth-order valence-corrected chi connectivity index (χ4v) is 1.73. The van der Waals surface area contributed by atoms with Gasteiger partial charge in [0, 0.05) is 19.1 Å². The number of carbonyl (C=O) groups is 1. The molecule has 14 heavy (non-hydrogen) atoms. The summed E-state index contributed by atoms with van der Waals surface area (Å²) in [4.78, 5) is 13.5. The van der Waals surface area contributed by atoms with Crippen LogP contribution in [-0.4, -0.2) is 42.6 Å². The van der Waals surface area contributed by atoms with E-state index in [4.69, 9.17) is 10.5 Å². The molecule has 1 atom stereocenters. The van der Waals surface area contributed by atoms with Crippen LogP contribution < -0.4 is 5.73 Å². The Hall–Kier alpha value is -0.610. The summed E-state index contributed by atoms with van der Waals surface area (Å²) in [7, 11) is 0. The quantitative estimate of drug-likeness (QED) is 0.713. The predicted octanol–water partition coefficient (Wildman–Crippen LogP) is 0.361. The number of rotatable bonds is 4. The number of amides is 1. The van der Waals surface area contributed by atoms with Gasteiger partial charge in [0.15, 0.2) is 0 Å². The molecule has 4 nitrogen and oxygen atoms in total. The Morgan fingerprint density at radius 2 is 2.36 bits per heavy atom. The molecule has 1 fully saturated rings. The van der Waals surface area contributed by atoms with Gasteiger partial charge in [-0.3, -0.25) is 4.79 Å². The van der Waals surface area contributed by atoms with E-state index in [1.807, 2.05) is 18.7 Å². The van der Waals surface area contributed by atoms with Crippen LogP contribution in [0.3, 0.4) is 0 Å². The second kappa shape index (κ2) is 5.32. The van der Waals surface area contributed by atoms with Crippen molar-refractivity contribution in [2.45, 2.75) is 38.8 Å². The highest BCUT2D eigenvalue weighted by Gasteiger charge is 2.27. The molecule has 1 rings (SSSR count). The van der Waals surface area contributed by atoms with Gasteiger partial charge in [-0.25, -0.2) is 0 Å². The molecule has 2 N–H and O–H groups in total. The first-order valence-electron chi connectivity index (χ1n) is 5.26. The molecular weight excluding hydrogens is 180 g/mol. The predicted molar refractivity (Wildman–Crippen MR) is 54.9 cm³/mol. The van der Waals surface area contributed by atoms with Crippen molar-refractivity contribution in [3.05, 3.63) is 0 Å². The summed E-state index contributed by atoms with van der Waals surface area (Å²) in [6, 6.07) is 0.235. The summed E-state index contributed by atoms with van der Waals surface area (Å²) in [5.41, 5.74) is 5.58. The minimum atomic E-state index is 0.0756. The molecule has 0 radical (unpaired) electrons. The van der Waals surface area contributed by atoms with E-state index in [1.165, 1.54) is 0 Å². The van der Waals surface area contributed by atoms with Gasteiger partial charge in [0.05, 0.1) is 6.10 Å². The molecule has 1 aliphatic heterocycles. The zero-order valence-corrected chi connectivity index (χ0v) is 9.03. The molecular formula is C10H20N2O2. The van der Waals surface area contributed by atoms with Gasteiger partial charge in [0.1, 0.15) is 6.61 Å². The van der Waals surface area contributed by atoms with Crippen molar-refractivity contribution in [2.24, 2.45) is 5.73 Å². The summed E-state index contributed by atoms with van der Waals surface area (Å²) in [6.45, 7) is 5.44. The smallest absolute Gasteiger partial charge is 0.248 e. The first-order valence-corrected chi connectivity index (χ1v) is 5.26. The Balaban J connectivity index is 2.35. The van der Waals surface area contributed by atoms with Crippen LogP contribution in [0.2, 0.25) is 0 Å².